The summed E-state index contributed by atoms with van der Waals surface area (Å²) in [6, 6.07) is 7.86. The molecule has 4 nitrogen and oxygen atoms in total. The Bertz CT molecular complexity index is 453. The highest BCUT2D eigenvalue weighted by Gasteiger charge is 2.20. The van der Waals surface area contributed by atoms with E-state index in [2.05, 4.69) is 15.9 Å². The number of carbonyl (C=O) groups excluding carboxylic acids is 1. The lowest BCUT2D eigenvalue weighted by Crippen LogP contribution is -2.45. The van der Waals surface area contributed by atoms with Crippen molar-refractivity contribution in [1.82, 2.24) is 4.90 Å². The van der Waals surface area contributed by atoms with Gasteiger partial charge in [-0.05, 0) is 37.5 Å². The summed E-state index contributed by atoms with van der Waals surface area (Å²) in [5.41, 5.74) is 5.88. The molecule has 1 atom stereocenters. The third kappa shape index (κ3) is 4.80. The van der Waals surface area contributed by atoms with E-state index in [1.54, 1.807) is 0 Å². The fourth-order valence-corrected chi connectivity index (χ4v) is 2.74. The van der Waals surface area contributed by atoms with Gasteiger partial charge in [0, 0.05) is 30.0 Å². The molecule has 0 saturated carbocycles. The van der Waals surface area contributed by atoms with Crippen LogP contribution in [0.4, 0.5) is 0 Å². The highest BCUT2D eigenvalue weighted by Crippen LogP contribution is 2.18. The smallest absolute Gasteiger partial charge is 0.222 e. The zero-order valence-corrected chi connectivity index (χ0v) is 13.1. The molecule has 5 heteroatoms. The van der Waals surface area contributed by atoms with Crippen LogP contribution >= 0.6 is 15.9 Å². The van der Waals surface area contributed by atoms with Crippen LogP contribution in [0.2, 0.25) is 0 Å². The molecule has 1 aliphatic rings. The van der Waals surface area contributed by atoms with E-state index in [-0.39, 0.29) is 11.9 Å². The van der Waals surface area contributed by atoms with Crippen LogP contribution in [0.1, 0.15) is 25.7 Å². The molecule has 0 bridgehead atoms. The first kappa shape index (κ1) is 15.3. The van der Waals surface area contributed by atoms with Crippen LogP contribution in [0.25, 0.3) is 0 Å². The van der Waals surface area contributed by atoms with Gasteiger partial charge in [-0.3, -0.25) is 4.79 Å². The van der Waals surface area contributed by atoms with Gasteiger partial charge in [-0.15, -0.1) is 0 Å². The lowest BCUT2D eigenvalue weighted by Gasteiger charge is -2.30. The van der Waals surface area contributed by atoms with E-state index in [9.17, 15) is 4.79 Å². The minimum atomic E-state index is 0.144. The predicted octanol–water partition coefficient (Wildman–Crippen LogP) is 2.56. The zero-order valence-electron chi connectivity index (χ0n) is 11.6. The molecule has 1 aromatic carbocycles. The van der Waals surface area contributed by atoms with Crippen molar-refractivity contribution in [3.05, 3.63) is 28.7 Å². The first-order chi connectivity index (χ1) is 9.65. The molecule has 2 rings (SSSR count). The van der Waals surface area contributed by atoms with E-state index in [0.717, 1.165) is 36.0 Å². The van der Waals surface area contributed by atoms with Gasteiger partial charge in [0.15, 0.2) is 0 Å². The van der Waals surface area contributed by atoms with Crippen molar-refractivity contribution in [2.75, 3.05) is 19.7 Å². The molecule has 20 heavy (non-hydrogen) atoms. The average molecular weight is 341 g/mol. The molecular weight excluding hydrogens is 320 g/mol. The van der Waals surface area contributed by atoms with Gasteiger partial charge in [0.25, 0.3) is 0 Å². The number of rotatable bonds is 5. The van der Waals surface area contributed by atoms with Gasteiger partial charge in [-0.1, -0.05) is 22.0 Å². The van der Waals surface area contributed by atoms with Crippen molar-refractivity contribution in [3.63, 3.8) is 0 Å². The summed E-state index contributed by atoms with van der Waals surface area (Å²) < 4.78 is 6.61. The number of hydrogen-bond donors (Lipinski definition) is 1. The Morgan fingerprint density at radius 1 is 1.50 bits per heavy atom. The summed E-state index contributed by atoms with van der Waals surface area (Å²) in [5, 5.41) is 0. The lowest BCUT2D eigenvalue weighted by molar-refractivity contribution is -0.132. The summed E-state index contributed by atoms with van der Waals surface area (Å²) in [6.45, 7) is 2.10. The largest absolute Gasteiger partial charge is 0.494 e. The minimum absolute atomic E-state index is 0.144. The number of carbonyl (C=O) groups is 1. The summed E-state index contributed by atoms with van der Waals surface area (Å²) >= 11 is 3.40. The molecule has 1 aromatic rings. The first-order valence-electron chi connectivity index (χ1n) is 7.07. The number of halogens is 1. The number of likely N-dealkylation sites (tertiary alicyclic amines) is 1. The summed E-state index contributed by atoms with van der Waals surface area (Å²) in [7, 11) is 0. The molecular formula is C15H21BrN2O2. The SMILES string of the molecule is NC1CCCN(C(=O)CCCOc2cccc(Br)c2)C1. The number of piperidine rings is 1. The van der Waals surface area contributed by atoms with Gasteiger partial charge in [0.05, 0.1) is 6.61 Å². The van der Waals surface area contributed by atoms with Crippen LogP contribution in [0.3, 0.4) is 0 Å². The number of amides is 1. The molecule has 0 radical (unpaired) electrons. The van der Waals surface area contributed by atoms with E-state index >= 15 is 0 Å². The van der Waals surface area contributed by atoms with Gasteiger partial charge >= 0.3 is 0 Å². The summed E-state index contributed by atoms with van der Waals surface area (Å²) in [5.74, 6) is 1.02. The second-order valence-corrected chi connectivity index (χ2v) is 6.07. The van der Waals surface area contributed by atoms with Crippen LogP contribution < -0.4 is 10.5 Å². The fourth-order valence-electron chi connectivity index (χ4n) is 2.36. The van der Waals surface area contributed by atoms with Crippen molar-refractivity contribution in [1.29, 1.82) is 0 Å². The molecule has 2 N–H and O–H groups in total. The average Bonchev–Trinajstić information content (AvgIpc) is 2.43. The second-order valence-electron chi connectivity index (χ2n) is 5.15. The van der Waals surface area contributed by atoms with E-state index < -0.39 is 0 Å². The zero-order chi connectivity index (χ0) is 14.4. The van der Waals surface area contributed by atoms with Crippen LogP contribution in [0.15, 0.2) is 28.7 Å². The van der Waals surface area contributed by atoms with Gasteiger partial charge in [-0.2, -0.15) is 0 Å². The molecule has 1 saturated heterocycles. The molecule has 110 valence electrons. The molecule has 0 aliphatic carbocycles. The number of ether oxygens (including phenoxy) is 1. The Morgan fingerprint density at radius 3 is 3.10 bits per heavy atom. The normalized spacial score (nSPS) is 18.9. The van der Waals surface area contributed by atoms with Crippen LogP contribution in [0.5, 0.6) is 5.75 Å². The fraction of sp³-hybridized carbons (Fsp3) is 0.533. The molecule has 1 fully saturated rings. The van der Waals surface area contributed by atoms with Crippen molar-refractivity contribution in [3.8, 4) is 5.75 Å². The Balaban J connectivity index is 1.66. The number of benzene rings is 1. The van der Waals surface area contributed by atoms with Crippen molar-refractivity contribution in [2.24, 2.45) is 5.73 Å². The summed E-state index contributed by atoms with van der Waals surface area (Å²) in [6.07, 6.45) is 3.30. The van der Waals surface area contributed by atoms with Crippen LogP contribution in [-0.4, -0.2) is 36.5 Å². The van der Waals surface area contributed by atoms with E-state index in [4.69, 9.17) is 10.5 Å². The summed E-state index contributed by atoms with van der Waals surface area (Å²) in [4.78, 5) is 13.9. The Kier molecular flexibility index (Phi) is 5.86. The van der Waals surface area contributed by atoms with E-state index in [1.807, 2.05) is 29.2 Å². The van der Waals surface area contributed by atoms with Gasteiger partial charge in [0.2, 0.25) is 5.91 Å². The van der Waals surface area contributed by atoms with Gasteiger partial charge in [-0.25, -0.2) is 0 Å². The highest BCUT2D eigenvalue weighted by molar-refractivity contribution is 9.10. The van der Waals surface area contributed by atoms with Crippen molar-refractivity contribution < 1.29 is 9.53 Å². The molecule has 1 heterocycles. The van der Waals surface area contributed by atoms with Gasteiger partial charge < -0.3 is 15.4 Å². The molecule has 1 unspecified atom stereocenters. The first-order valence-corrected chi connectivity index (χ1v) is 7.86. The Morgan fingerprint density at radius 2 is 2.35 bits per heavy atom. The predicted molar refractivity (Wildman–Crippen MR) is 82.7 cm³/mol. The third-order valence-corrected chi connectivity index (χ3v) is 3.90. The third-order valence-electron chi connectivity index (χ3n) is 3.41. The highest BCUT2D eigenvalue weighted by atomic mass is 79.9. The number of hydrogen-bond acceptors (Lipinski definition) is 3. The van der Waals surface area contributed by atoms with Crippen LogP contribution in [-0.2, 0) is 4.79 Å². The Hall–Kier alpha value is -1.07. The second kappa shape index (κ2) is 7.64. The minimum Gasteiger partial charge on any atom is -0.494 e. The van der Waals surface area contributed by atoms with E-state index in [1.165, 1.54) is 0 Å². The standard InChI is InChI=1S/C15H21BrN2O2/c16-12-4-1-6-14(10-12)20-9-3-7-15(19)18-8-2-5-13(17)11-18/h1,4,6,10,13H,2-3,5,7-9,11,17H2. The molecule has 0 aromatic heterocycles. The quantitative estimate of drug-likeness (QED) is 0.838. The number of nitrogens with zero attached hydrogens (tertiary/aromatic N) is 1. The topological polar surface area (TPSA) is 55.6 Å². The maximum absolute atomic E-state index is 12.0. The maximum atomic E-state index is 12.0. The monoisotopic (exact) mass is 340 g/mol. The Labute approximate surface area is 128 Å². The maximum Gasteiger partial charge on any atom is 0.222 e. The molecule has 0 spiro atoms. The van der Waals surface area contributed by atoms with Crippen molar-refractivity contribution >= 4 is 21.8 Å². The number of nitrogens with two attached hydrogens (primary N) is 1. The van der Waals surface area contributed by atoms with Crippen molar-refractivity contribution in [2.45, 2.75) is 31.7 Å². The van der Waals surface area contributed by atoms with E-state index in [0.29, 0.717) is 19.6 Å². The molecule has 1 amide bonds. The molecule has 1 aliphatic heterocycles. The lowest BCUT2D eigenvalue weighted by atomic mass is 10.1. The van der Waals surface area contributed by atoms with Crippen LogP contribution in [0, 0.1) is 0 Å². The van der Waals surface area contributed by atoms with Gasteiger partial charge in [0.1, 0.15) is 5.75 Å².